The van der Waals surface area contributed by atoms with E-state index in [1.54, 1.807) is 35.4 Å². The second kappa shape index (κ2) is 8.65. The smallest absolute Gasteiger partial charge is 0.258 e. The summed E-state index contributed by atoms with van der Waals surface area (Å²) >= 11 is 0. The minimum atomic E-state index is -0.200. The van der Waals surface area contributed by atoms with Gasteiger partial charge in [0, 0.05) is 25.8 Å². The third-order valence-electron chi connectivity index (χ3n) is 4.75. The van der Waals surface area contributed by atoms with E-state index in [0.717, 1.165) is 18.9 Å². The van der Waals surface area contributed by atoms with Gasteiger partial charge in [-0.15, -0.1) is 0 Å². The van der Waals surface area contributed by atoms with Crippen molar-refractivity contribution in [3.05, 3.63) is 64.3 Å². The number of hydrogen-bond donors (Lipinski definition) is 1. The number of anilines is 1. The second-order valence-electron chi connectivity index (χ2n) is 6.43. The summed E-state index contributed by atoms with van der Waals surface area (Å²) < 4.78 is 0. The van der Waals surface area contributed by atoms with Gasteiger partial charge in [0.2, 0.25) is 0 Å². The molecule has 0 saturated carbocycles. The Bertz CT molecular complexity index is 1010. The lowest BCUT2D eigenvalue weighted by atomic mass is 10.2. The Labute approximate surface area is 164 Å². The molecule has 1 N–H and O–H groups in total. The van der Waals surface area contributed by atoms with Crippen LogP contribution in [-0.4, -0.2) is 45.4 Å². The van der Waals surface area contributed by atoms with Gasteiger partial charge in [0.1, 0.15) is 11.6 Å². The van der Waals surface area contributed by atoms with Crippen molar-refractivity contribution in [1.82, 2.24) is 19.9 Å². The van der Waals surface area contributed by atoms with Gasteiger partial charge in [0.05, 0.1) is 23.0 Å². The average molecular weight is 379 g/mol. The largest absolute Gasteiger partial charge is 0.357 e. The Morgan fingerprint density at radius 3 is 2.43 bits per heavy atom. The number of fused-ring (bicyclic) bond motifs is 1. The minimum Gasteiger partial charge on any atom is -0.357 e. The van der Waals surface area contributed by atoms with Crippen LogP contribution in [0.2, 0.25) is 0 Å². The summed E-state index contributed by atoms with van der Waals surface area (Å²) in [7, 11) is 0. The van der Waals surface area contributed by atoms with Gasteiger partial charge in [-0.25, -0.2) is 9.97 Å². The van der Waals surface area contributed by atoms with Gasteiger partial charge in [-0.2, -0.15) is 0 Å². The first-order valence-corrected chi connectivity index (χ1v) is 9.55. The zero-order valence-electron chi connectivity index (χ0n) is 16.5. The van der Waals surface area contributed by atoms with Crippen molar-refractivity contribution >= 4 is 22.6 Å². The molecule has 0 aliphatic heterocycles. The van der Waals surface area contributed by atoms with Crippen LogP contribution >= 0.6 is 0 Å². The van der Waals surface area contributed by atoms with E-state index < -0.39 is 0 Å². The van der Waals surface area contributed by atoms with Gasteiger partial charge >= 0.3 is 0 Å². The highest BCUT2D eigenvalue weighted by atomic mass is 16.2. The lowest BCUT2D eigenvalue weighted by molar-refractivity contribution is 0.0748. The van der Waals surface area contributed by atoms with E-state index in [0.29, 0.717) is 28.8 Å². The fraction of sp³-hybridized carbons (Fsp3) is 0.333. The first-order valence-electron chi connectivity index (χ1n) is 9.55. The predicted molar refractivity (Wildman–Crippen MR) is 111 cm³/mol. The van der Waals surface area contributed by atoms with Crippen LogP contribution in [0.25, 0.3) is 10.9 Å². The topological polar surface area (TPSA) is 82.2 Å². The maximum absolute atomic E-state index is 12.9. The fourth-order valence-electron chi connectivity index (χ4n) is 3.15. The standard InChI is InChI=1S/C21H25N5O2/c1-4-25(5-2)19-12-11-15(13-22-19)21(28)26(6-3)14-18-23-17-10-8-7-9-16(17)20(27)24-18/h7-13H,4-6,14H2,1-3H3,(H,23,24,27). The highest BCUT2D eigenvalue weighted by Crippen LogP contribution is 2.14. The molecule has 3 aromatic rings. The molecule has 2 heterocycles. The van der Waals surface area contributed by atoms with Gasteiger partial charge in [-0.1, -0.05) is 12.1 Å². The Balaban J connectivity index is 1.81. The average Bonchev–Trinajstić information content (AvgIpc) is 2.73. The highest BCUT2D eigenvalue weighted by molar-refractivity contribution is 5.94. The zero-order valence-corrected chi connectivity index (χ0v) is 16.5. The molecule has 28 heavy (non-hydrogen) atoms. The van der Waals surface area contributed by atoms with E-state index in [9.17, 15) is 9.59 Å². The molecule has 0 fully saturated rings. The summed E-state index contributed by atoms with van der Waals surface area (Å²) in [5.41, 5.74) is 0.935. The summed E-state index contributed by atoms with van der Waals surface area (Å²) in [6, 6.07) is 10.8. The number of aromatic amines is 1. The SMILES string of the molecule is CCN(Cc1nc2ccccc2c(=O)[nH]1)C(=O)c1ccc(N(CC)CC)nc1. The Hall–Kier alpha value is -3.22. The Kier molecular flexibility index (Phi) is 6.03. The lowest BCUT2D eigenvalue weighted by Gasteiger charge is -2.22. The number of aromatic nitrogens is 3. The third-order valence-corrected chi connectivity index (χ3v) is 4.75. The van der Waals surface area contributed by atoms with Crippen molar-refractivity contribution in [2.45, 2.75) is 27.3 Å². The van der Waals surface area contributed by atoms with E-state index in [1.165, 1.54) is 0 Å². The number of nitrogens with zero attached hydrogens (tertiary/aromatic N) is 4. The summed E-state index contributed by atoms with van der Waals surface area (Å²) in [6.45, 7) is 8.48. The first-order chi connectivity index (χ1) is 13.6. The Morgan fingerprint density at radius 1 is 1.04 bits per heavy atom. The minimum absolute atomic E-state index is 0.142. The maximum atomic E-state index is 12.9. The van der Waals surface area contributed by atoms with E-state index in [1.807, 2.05) is 19.1 Å². The summed E-state index contributed by atoms with van der Waals surface area (Å²) in [5, 5.41) is 0.539. The second-order valence-corrected chi connectivity index (χ2v) is 6.43. The number of pyridine rings is 1. The molecular formula is C21H25N5O2. The molecule has 146 valence electrons. The third kappa shape index (κ3) is 4.03. The van der Waals surface area contributed by atoms with E-state index in [4.69, 9.17) is 0 Å². The molecule has 7 nitrogen and oxygen atoms in total. The van der Waals surface area contributed by atoms with Crippen LogP contribution in [-0.2, 0) is 6.54 Å². The monoisotopic (exact) mass is 379 g/mol. The molecule has 1 aromatic carbocycles. The number of para-hydroxylation sites is 1. The number of rotatable bonds is 7. The predicted octanol–water partition coefficient (Wildman–Crippen LogP) is 2.83. The van der Waals surface area contributed by atoms with Gasteiger partial charge in [0.15, 0.2) is 0 Å². The van der Waals surface area contributed by atoms with Gasteiger partial charge < -0.3 is 14.8 Å². The van der Waals surface area contributed by atoms with Crippen molar-refractivity contribution in [2.24, 2.45) is 0 Å². The molecule has 3 rings (SSSR count). The van der Waals surface area contributed by atoms with Crippen LogP contribution in [0, 0.1) is 0 Å². The van der Waals surface area contributed by atoms with Crippen LogP contribution in [0.5, 0.6) is 0 Å². The van der Waals surface area contributed by atoms with Crippen molar-refractivity contribution < 1.29 is 4.79 Å². The molecule has 0 aliphatic rings. The summed E-state index contributed by atoms with van der Waals surface area (Å²) in [6.07, 6.45) is 1.61. The quantitative estimate of drug-likeness (QED) is 0.683. The molecule has 0 bridgehead atoms. The van der Waals surface area contributed by atoms with Crippen LogP contribution in [0.4, 0.5) is 5.82 Å². The van der Waals surface area contributed by atoms with Crippen LogP contribution in [0.1, 0.15) is 37.0 Å². The molecule has 0 saturated heterocycles. The van der Waals surface area contributed by atoms with Gasteiger partial charge in [-0.3, -0.25) is 9.59 Å². The lowest BCUT2D eigenvalue weighted by Crippen LogP contribution is -2.32. The summed E-state index contributed by atoms with van der Waals surface area (Å²) in [4.78, 5) is 40.6. The van der Waals surface area contributed by atoms with Crippen molar-refractivity contribution in [3.63, 3.8) is 0 Å². The maximum Gasteiger partial charge on any atom is 0.258 e. The van der Waals surface area contributed by atoms with E-state index in [2.05, 4.69) is 33.7 Å². The summed E-state index contributed by atoms with van der Waals surface area (Å²) in [5.74, 6) is 1.17. The van der Waals surface area contributed by atoms with Crippen LogP contribution in [0.3, 0.4) is 0 Å². The molecule has 0 radical (unpaired) electrons. The van der Waals surface area contributed by atoms with Crippen molar-refractivity contribution in [1.29, 1.82) is 0 Å². The zero-order chi connectivity index (χ0) is 20.1. The number of H-pyrrole nitrogens is 1. The van der Waals surface area contributed by atoms with Crippen molar-refractivity contribution in [3.8, 4) is 0 Å². The van der Waals surface area contributed by atoms with E-state index in [-0.39, 0.29) is 18.0 Å². The van der Waals surface area contributed by atoms with Gasteiger partial charge in [-0.05, 0) is 45.0 Å². The molecule has 1 amide bonds. The Morgan fingerprint density at radius 2 is 1.79 bits per heavy atom. The number of carbonyl (C=O) groups is 1. The number of amides is 1. The van der Waals surface area contributed by atoms with Crippen molar-refractivity contribution in [2.75, 3.05) is 24.5 Å². The number of nitrogens with one attached hydrogen (secondary N) is 1. The number of hydrogen-bond acceptors (Lipinski definition) is 5. The highest BCUT2D eigenvalue weighted by Gasteiger charge is 2.17. The van der Waals surface area contributed by atoms with Gasteiger partial charge in [0.25, 0.3) is 11.5 Å². The molecule has 0 atom stereocenters. The van der Waals surface area contributed by atoms with E-state index >= 15 is 0 Å². The molecule has 7 heteroatoms. The number of benzene rings is 1. The fourth-order valence-corrected chi connectivity index (χ4v) is 3.15. The van der Waals surface area contributed by atoms with Crippen LogP contribution < -0.4 is 10.5 Å². The molecule has 0 spiro atoms. The van der Waals surface area contributed by atoms with Crippen LogP contribution in [0.15, 0.2) is 47.4 Å². The first kappa shape index (κ1) is 19.5. The normalized spacial score (nSPS) is 10.8. The molecule has 0 aliphatic carbocycles. The molecule has 0 unspecified atom stereocenters. The molecular weight excluding hydrogens is 354 g/mol. The molecule has 2 aromatic heterocycles. The number of carbonyl (C=O) groups excluding carboxylic acids is 1.